The summed E-state index contributed by atoms with van der Waals surface area (Å²) in [6.07, 6.45) is 1.10. The molecule has 1 aromatic heterocycles. The third-order valence-corrected chi connectivity index (χ3v) is 5.54. The summed E-state index contributed by atoms with van der Waals surface area (Å²) in [5.74, 6) is 0. The Hall–Kier alpha value is -1.56. The summed E-state index contributed by atoms with van der Waals surface area (Å²) in [7, 11) is 0. The number of benzene rings is 1. The minimum absolute atomic E-state index is 0.918. The van der Waals surface area contributed by atoms with E-state index in [-0.39, 0.29) is 0 Å². The number of anilines is 3. The highest BCUT2D eigenvalue weighted by molar-refractivity contribution is 7.14. The lowest BCUT2D eigenvalue weighted by atomic mass is 10.1. The van der Waals surface area contributed by atoms with E-state index in [4.69, 9.17) is 0 Å². The molecule has 0 spiro atoms. The summed E-state index contributed by atoms with van der Waals surface area (Å²) >= 11 is 1.88. The largest absolute Gasteiger partial charge is 0.379 e. The zero-order valence-electron chi connectivity index (χ0n) is 12.9. The van der Waals surface area contributed by atoms with Crippen LogP contribution in [0.1, 0.15) is 18.1 Å². The summed E-state index contributed by atoms with van der Waals surface area (Å²) in [6.45, 7) is 7.36. The highest BCUT2D eigenvalue weighted by Crippen LogP contribution is 2.43. The predicted octanol–water partition coefficient (Wildman–Crippen LogP) is 3.19. The van der Waals surface area contributed by atoms with Crippen LogP contribution >= 0.6 is 11.3 Å². The summed E-state index contributed by atoms with van der Waals surface area (Å²) in [4.78, 5) is 0. The minimum Gasteiger partial charge on any atom is -0.379 e. The Balaban J connectivity index is 1.84. The zero-order valence-corrected chi connectivity index (χ0v) is 13.7. The van der Waals surface area contributed by atoms with Crippen LogP contribution in [0.25, 0.3) is 0 Å². The van der Waals surface area contributed by atoms with Gasteiger partial charge >= 0.3 is 0 Å². The van der Waals surface area contributed by atoms with Gasteiger partial charge in [0.15, 0.2) is 0 Å². The molecule has 0 unspecified atom stereocenters. The minimum atomic E-state index is 0.918. The molecule has 2 aliphatic rings. The molecule has 22 heavy (non-hydrogen) atoms. The Kier molecular flexibility index (Phi) is 3.78. The van der Waals surface area contributed by atoms with Crippen molar-refractivity contribution in [1.29, 1.82) is 0 Å². The molecule has 0 bridgehead atoms. The van der Waals surface area contributed by atoms with Crippen LogP contribution in [-0.4, -0.2) is 31.2 Å². The van der Waals surface area contributed by atoms with Crippen molar-refractivity contribution in [2.45, 2.75) is 19.9 Å². The topological polar surface area (TPSA) is 30.5 Å². The summed E-state index contributed by atoms with van der Waals surface area (Å²) in [6, 6.07) is 8.66. The van der Waals surface area contributed by atoms with Gasteiger partial charge in [0.05, 0.1) is 11.4 Å². The van der Waals surface area contributed by atoms with Crippen molar-refractivity contribution in [2.75, 3.05) is 36.5 Å². The number of para-hydroxylation sites is 2. The molecule has 116 valence electrons. The number of hydrazine groups is 1. The number of fused-ring (bicyclic) bond motifs is 2. The van der Waals surface area contributed by atoms with E-state index in [9.17, 15) is 0 Å². The maximum Gasteiger partial charge on any atom is 0.116 e. The van der Waals surface area contributed by atoms with Crippen molar-refractivity contribution in [3.63, 3.8) is 0 Å². The van der Waals surface area contributed by atoms with E-state index in [1.54, 1.807) is 0 Å². The van der Waals surface area contributed by atoms with Crippen LogP contribution in [0.4, 0.5) is 16.4 Å². The highest BCUT2D eigenvalue weighted by atomic mass is 32.1. The van der Waals surface area contributed by atoms with E-state index < -0.39 is 0 Å². The second kappa shape index (κ2) is 5.91. The Morgan fingerprint density at radius 1 is 1.18 bits per heavy atom. The summed E-state index contributed by atoms with van der Waals surface area (Å²) in [5.41, 5.74) is 5.43. The molecule has 1 saturated heterocycles. The molecular formula is C17H22N4S. The Morgan fingerprint density at radius 2 is 2.00 bits per heavy atom. The summed E-state index contributed by atoms with van der Waals surface area (Å²) in [5, 5.41) is 15.7. The van der Waals surface area contributed by atoms with Gasteiger partial charge in [0.1, 0.15) is 5.00 Å². The first kappa shape index (κ1) is 14.1. The molecule has 4 rings (SSSR count). The van der Waals surface area contributed by atoms with Gasteiger partial charge in [0.2, 0.25) is 0 Å². The molecule has 0 atom stereocenters. The number of rotatable bonds is 2. The normalized spacial score (nSPS) is 18.3. The van der Waals surface area contributed by atoms with Crippen LogP contribution in [-0.2, 0) is 13.0 Å². The second-order valence-corrected chi connectivity index (χ2v) is 6.64. The van der Waals surface area contributed by atoms with Crippen LogP contribution in [0.3, 0.4) is 0 Å². The molecule has 0 amide bonds. The third-order valence-electron chi connectivity index (χ3n) is 4.50. The molecule has 0 radical (unpaired) electrons. The SMILES string of the molecule is CCc1csc2c1CNc1ccccc1N2N1CCNCC1. The quantitative estimate of drug-likeness (QED) is 0.891. The van der Waals surface area contributed by atoms with Crippen molar-refractivity contribution in [2.24, 2.45) is 0 Å². The van der Waals surface area contributed by atoms with Crippen LogP contribution in [0, 0.1) is 0 Å². The zero-order chi connectivity index (χ0) is 14.9. The summed E-state index contributed by atoms with van der Waals surface area (Å²) < 4.78 is 0. The molecule has 2 N–H and O–H groups in total. The van der Waals surface area contributed by atoms with Gasteiger partial charge in [0.25, 0.3) is 0 Å². The van der Waals surface area contributed by atoms with Crippen LogP contribution in [0.2, 0.25) is 0 Å². The monoisotopic (exact) mass is 314 g/mol. The molecule has 1 fully saturated rings. The fourth-order valence-corrected chi connectivity index (χ4v) is 4.53. The fraction of sp³-hybridized carbons (Fsp3) is 0.412. The van der Waals surface area contributed by atoms with Gasteiger partial charge in [-0.25, -0.2) is 5.01 Å². The highest BCUT2D eigenvalue weighted by Gasteiger charge is 2.28. The number of nitrogens with one attached hydrogen (secondary N) is 2. The molecule has 0 aliphatic carbocycles. The van der Waals surface area contributed by atoms with Gasteiger partial charge in [0, 0.05) is 38.3 Å². The van der Waals surface area contributed by atoms with Crippen molar-refractivity contribution in [3.8, 4) is 0 Å². The van der Waals surface area contributed by atoms with Gasteiger partial charge < -0.3 is 10.6 Å². The third kappa shape index (κ3) is 2.29. The molecule has 0 saturated carbocycles. The average molecular weight is 314 g/mol. The van der Waals surface area contributed by atoms with E-state index in [0.717, 1.165) is 39.1 Å². The lowest BCUT2D eigenvalue weighted by Gasteiger charge is -2.38. The van der Waals surface area contributed by atoms with Crippen LogP contribution in [0.15, 0.2) is 29.6 Å². The van der Waals surface area contributed by atoms with Crippen molar-refractivity contribution < 1.29 is 0 Å². The van der Waals surface area contributed by atoms with Crippen LogP contribution < -0.4 is 15.6 Å². The number of piperazine rings is 1. The molecule has 1 aromatic carbocycles. The number of hydrogen-bond donors (Lipinski definition) is 2. The smallest absolute Gasteiger partial charge is 0.116 e. The fourth-order valence-electron chi connectivity index (χ4n) is 3.30. The number of aryl methyl sites for hydroxylation is 1. The lowest BCUT2D eigenvalue weighted by Crippen LogP contribution is -2.50. The Bertz CT molecular complexity index is 660. The Morgan fingerprint density at radius 3 is 2.82 bits per heavy atom. The van der Waals surface area contributed by atoms with Gasteiger partial charge in [-0.05, 0) is 29.5 Å². The van der Waals surface area contributed by atoms with Crippen molar-refractivity contribution in [1.82, 2.24) is 10.3 Å². The molecule has 4 nitrogen and oxygen atoms in total. The molecule has 2 aliphatic heterocycles. The second-order valence-electron chi connectivity index (χ2n) is 5.78. The van der Waals surface area contributed by atoms with E-state index in [2.05, 4.69) is 57.2 Å². The number of nitrogens with zero attached hydrogens (tertiary/aromatic N) is 2. The standard InChI is InChI=1S/C17H22N4S/c1-2-13-12-22-17-14(13)11-19-15-5-3-4-6-16(15)21(17)20-9-7-18-8-10-20/h3-6,12,18-19H,2,7-11H2,1H3. The van der Waals surface area contributed by atoms with Crippen LogP contribution in [0.5, 0.6) is 0 Å². The van der Waals surface area contributed by atoms with Gasteiger partial charge in [-0.3, -0.25) is 5.01 Å². The van der Waals surface area contributed by atoms with E-state index in [0.29, 0.717) is 0 Å². The average Bonchev–Trinajstić information content (AvgIpc) is 2.90. The van der Waals surface area contributed by atoms with Gasteiger partial charge in [-0.1, -0.05) is 19.1 Å². The molecule has 3 heterocycles. The van der Waals surface area contributed by atoms with Gasteiger partial charge in [-0.15, -0.1) is 11.3 Å². The first-order valence-electron chi connectivity index (χ1n) is 8.06. The maximum absolute atomic E-state index is 3.63. The van der Waals surface area contributed by atoms with E-state index >= 15 is 0 Å². The predicted molar refractivity (Wildman–Crippen MR) is 94.0 cm³/mol. The van der Waals surface area contributed by atoms with E-state index in [1.165, 1.54) is 27.5 Å². The first-order valence-corrected chi connectivity index (χ1v) is 8.94. The Labute approximate surface area is 135 Å². The molecular weight excluding hydrogens is 292 g/mol. The van der Waals surface area contributed by atoms with Crippen molar-refractivity contribution >= 4 is 27.7 Å². The first-order chi connectivity index (χ1) is 10.9. The maximum atomic E-state index is 3.63. The molecule has 5 heteroatoms. The number of thiophene rings is 1. The number of hydrogen-bond acceptors (Lipinski definition) is 5. The van der Waals surface area contributed by atoms with Gasteiger partial charge in [-0.2, -0.15) is 0 Å². The lowest BCUT2D eigenvalue weighted by molar-refractivity contribution is 0.245. The van der Waals surface area contributed by atoms with Crippen molar-refractivity contribution in [3.05, 3.63) is 40.8 Å². The van der Waals surface area contributed by atoms with E-state index in [1.807, 2.05) is 11.3 Å². The molecule has 2 aromatic rings.